The van der Waals surface area contributed by atoms with Gasteiger partial charge in [0.1, 0.15) is 11.7 Å². The molecule has 1 atom stereocenters. The van der Waals surface area contributed by atoms with Gasteiger partial charge in [-0.05, 0) is 49.9 Å². The van der Waals surface area contributed by atoms with Gasteiger partial charge in [-0.15, -0.1) is 5.92 Å². The maximum absolute atomic E-state index is 13.0. The average molecular weight is 554 g/mol. The molecule has 1 saturated heterocycles. The maximum Gasteiger partial charge on any atom is 0.631 e. The van der Waals surface area contributed by atoms with E-state index in [1.165, 1.54) is 11.9 Å². The number of benzene rings is 2. The van der Waals surface area contributed by atoms with Crippen LogP contribution >= 0.6 is 0 Å². The molecule has 39 heavy (non-hydrogen) atoms. The molecule has 1 fully saturated rings. The Labute approximate surface area is 225 Å². The highest BCUT2D eigenvalue weighted by atomic mass is 32.2. The van der Waals surface area contributed by atoms with Gasteiger partial charge >= 0.3 is 19.1 Å². The van der Waals surface area contributed by atoms with Gasteiger partial charge in [-0.3, -0.25) is 24.6 Å². The van der Waals surface area contributed by atoms with E-state index >= 15 is 0 Å². The molecule has 15 heteroatoms. The fourth-order valence-corrected chi connectivity index (χ4v) is 4.42. The van der Waals surface area contributed by atoms with Crippen molar-refractivity contribution in [1.82, 2.24) is 9.62 Å². The van der Waals surface area contributed by atoms with Crippen molar-refractivity contribution in [1.29, 1.82) is 5.26 Å². The van der Waals surface area contributed by atoms with Gasteiger partial charge in [0.15, 0.2) is 0 Å². The summed E-state index contributed by atoms with van der Waals surface area (Å²) in [5, 5.41) is 19.7. The van der Waals surface area contributed by atoms with Crippen LogP contribution in [0.1, 0.15) is 18.4 Å². The van der Waals surface area contributed by atoms with Crippen molar-refractivity contribution >= 4 is 34.8 Å². The molecule has 13 nitrogen and oxygen atoms in total. The summed E-state index contributed by atoms with van der Waals surface area (Å²) < 4.78 is 44.2. The van der Waals surface area contributed by atoms with Crippen LogP contribution in [-0.4, -0.2) is 70.0 Å². The Morgan fingerprint density at radius 3 is 2.31 bits per heavy atom. The van der Waals surface area contributed by atoms with Crippen molar-refractivity contribution in [2.45, 2.75) is 23.7 Å². The summed E-state index contributed by atoms with van der Waals surface area (Å²) >= 11 is 0. The lowest BCUT2D eigenvalue weighted by Crippen LogP contribution is -2.53. The van der Waals surface area contributed by atoms with E-state index in [1.54, 1.807) is 24.3 Å². The monoisotopic (exact) mass is 554 g/mol. The SMILES string of the molecule is CN1CC(=O)OB(C(C#CCCCOc2ccc(C#N)cc2)NS(=O)(=O)c2ccc([N+](=O)[O-])cc2)OC(=O)C1. The molecule has 0 aliphatic carbocycles. The highest BCUT2D eigenvalue weighted by molar-refractivity contribution is 7.89. The predicted molar refractivity (Wildman–Crippen MR) is 136 cm³/mol. The first kappa shape index (κ1) is 29.1. The second-order valence-electron chi connectivity index (χ2n) is 8.28. The highest BCUT2D eigenvalue weighted by Gasteiger charge is 2.41. The van der Waals surface area contributed by atoms with Crippen LogP contribution in [0, 0.1) is 33.3 Å². The Morgan fingerprint density at radius 1 is 1.13 bits per heavy atom. The minimum absolute atomic E-state index is 0.229. The van der Waals surface area contributed by atoms with Crippen LogP contribution in [0.3, 0.4) is 0 Å². The van der Waals surface area contributed by atoms with E-state index in [0.717, 1.165) is 24.3 Å². The summed E-state index contributed by atoms with van der Waals surface area (Å²) in [7, 11) is -4.48. The molecule has 1 N–H and O–H groups in total. The van der Waals surface area contributed by atoms with Crippen molar-refractivity contribution < 1.29 is 37.0 Å². The fourth-order valence-electron chi connectivity index (χ4n) is 3.28. The van der Waals surface area contributed by atoms with Crippen LogP contribution < -0.4 is 9.46 Å². The molecule has 1 unspecified atom stereocenters. The van der Waals surface area contributed by atoms with Crippen LogP contribution in [0.2, 0.25) is 0 Å². The summed E-state index contributed by atoms with van der Waals surface area (Å²) in [5.41, 5.74) is 0.193. The molecule has 0 bridgehead atoms. The molecule has 1 aliphatic rings. The fraction of sp³-hybridized carbons (Fsp3) is 0.292. The summed E-state index contributed by atoms with van der Waals surface area (Å²) in [4.78, 5) is 35.7. The zero-order chi connectivity index (χ0) is 28.4. The number of hydrogen-bond donors (Lipinski definition) is 1. The van der Waals surface area contributed by atoms with Crippen molar-refractivity contribution in [3.8, 4) is 23.7 Å². The topological polar surface area (TPSA) is 178 Å². The number of likely N-dealkylation sites (N-methyl/N-ethyl adjacent to an activating group) is 1. The van der Waals surface area contributed by atoms with Gasteiger partial charge in [0.25, 0.3) is 5.69 Å². The average Bonchev–Trinajstić information content (AvgIpc) is 2.89. The Hall–Kier alpha value is -4.44. The number of nitrogens with one attached hydrogen (secondary N) is 1. The number of hydrogen-bond acceptors (Lipinski definition) is 11. The number of non-ortho nitro benzene ring substituents is 1. The number of nitriles is 1. The molecule has 0 aromatic heterocycles. The molecule has 0 amide bonds. The quantitative estimate of drug-likeness (QED) is 0.154. The van der Waals surface area contributed by atoms with E-state index < -0.39 is 39.9 Å². The third-order valence-electron chi connectivity index (χ3n) is 5.16. The van der Waals surface area contributed by atoms with E-state index in [0.29, 0.717) is 17.7 Å². The van der Waals surface area contributed by atoms with Crippen LogP contribution in [0.4, 0.5) is 5.69 Å². The summed E-state index contributed by atoms with van der Waals surface area (Å²) in [6.45, 7) is -0.180. The van der Waals surface area contributed by atoms with Gasteiger partial charge in [0.2, 0.25) is 10.0 Å². The first-order valence-corrected chi connectivity index (χ1v) is 13.0. The van der Waals surface area contributed by atoms with Crippen molar-refractivity contribution in [2.24, 2.45) is 0 Å². The maximum atomic E-state index is 13.0. The molecule has 3 rings (SSSR count). The van der Waals surface area contributed by atoms with Crippen LogP contribution in [-0.2, 0) is 28.9 Å². The molecule has 1 aliphatic heterocycles. The van der Waals surface area contributed by atoms with Gasteiger partial charge < -0.3 is 14.0 Å². The number of nitro groups is 1. The molecule has 2 aromatic carbocycles. The summed E-state index contributed by atoms with van der Waals surface area (Å²) in [5.74, 6) is 3.01. The third kappa shape index (κ3) is 8.82. The first-order chi connectivity index (χ1) is 18.6. The highest BCUT2D eigenvalue weighted by Crippen LogP contribution is 2.17. The first-order valence-electron chi connectivity index (χ1n) is 11.5. The molecule has 0 spiro atoms. The van der Waals surface area contributed by atoms with Crippen LogP contribution in [0.15, 0.2) is 53.4 Å². The number of nitrogens with zero attached hydrogens (tertiary/aromatic N) is 3. The lowest BCUT2D eigenvalue weighted by Gasteiger charge is -2.25. The van der Waals surface area contributed by atoms with Gasteiger partial charge in [-0.25, -0.2) is 8.42 Å². The molecule has 1 heterocycles. The number of carbonyl (C=O) groups is 2. The van der Waals surface area contributed by atoms with Crippen molar-refractivity contribution in [3.05, 3.63) is 64.2 Å². The predicted octanol–water partition coefficient (Wildman–Crippen LogP) is 1.04. The Morgan fingerprint density at radius 2 is 1.74 bits per heavy atom. The zero-order valence-corrected chi connectivity index (χ0v) is 21.5. The standard InChI is InChI=1S/C24H23BN4O9S/c1-28-16-23(30)37-25(38-24(31)17-28)22(27-39(34,35)21-12-8-19(9-13-21)29(32)33)5-3-2-4-14-36-20-10-6-18(15-26)7-11-20/h6-13,22,27H,2,4,14,16-17H2,1H3. The van der Waals surface area contributed by atoms with Crippen LogP contribution in [0.25, 0.3) is 0 Å². The van der Waals surface area contributed by atoms with E-state index in [4.69, 9.17) is 19.3 Å². The second kappa shape index (κ2) is 13.4. The second-order valence-corrected chi connectivity index (χ2v) is 9.99. The van der Waals surface area contributed by atoms with Crippen molar-refractivity contribution in [3.63, 3.8) is 0 Å². The Balaban J connectivity index is 1.73. The smallest absolute Gasteiger partial charge is 0.497 e. The molecule has 0 saturated carbocycles. The number of rotatable bonds is 9. The normalized spacial score (nSPS) is 14.9. The summed E-state index contributed by atoms with van der Waals surface area (Å²) in [6, 6.07) is 12.7. The molecule has 202 valence electrons. The lowest BCUT2D eigenvalue weighted by molar-refractivity contribution is -0.384. The van der Waals surface area contributed by atoms with E-state index in [9.17, 15) is 28.1 Å². The lowest BCUT2D eigenvalue weighted by atomic mass is 9.78. The molecular weight excluding hydrogens is 531 g/mol. The zero-order valence-electron chi connectivity index (χ0n) is 20.7. The number of ether oxygens (including phenoxy) is 1. The van der Waals surface area contributed by atoms with Crippen LogP contribution in [0.5, 0.6) is 5.75 Å². The van der Waals surface area contributed by atoms with Gasteiger partial charge in [0.05, 0.1) is 41.1 Å². The molecular formula is C24H23BN4O9S. The minimum atomic E-state index is -4.32. The van der Waals surface area contributed by atoms with E-state index in [1.807, 2.05) is 6.07 Å². The third-order valence-corrected chi connectivity index (χ3v) is 6.62. The van der Waals surface area contributed by atoms with Gasteiger partial charge in [-0.2, -0.15) is 9.98 Å². The summed E-state index contributed by atoms with van der Waals surface area (Å²) in [6.07, 6.45) is 0.702. The Kier molecular flexibility index (Phi) is 10.00. The molecule has 2 aromatic rings. The number of nitro benzene ring substituents is 1. The minimum Gasteiger partial charge on any atom is -0.497 e. The van der Waals surface area contributed by atoms with Gasteiger partial charge in [-0.1, -0.05) is 5.92 Å². The number of sulfonamides is 1. The van der Waals surface area contributed by atoms with E-state index in [2.05, 4.69) is 16.6 Å². The number of carbonyl (C=O) groups excluding carboxylic acids is 2. The molecule has 0 radical (unpaired) electrons. The Bertz CT molecular complexity index is 1390. The van der Waals surface area contributed by atoms with Crippen molar-refractivity contribution in [2.75, 3.05) is 26.7 Å². The van der Waals surface area contributed by atoms with Gasteiger partial charge in [0, 0.05) is 18.6 Å². The largest absolute Gasteiger partial charge is 0.631 e. The van der Waals surface area contributed by atoms with E-state index in [-0.39, 0.29) is 36.7 Å². The number of unbranched alkanes of at least 4 members (excludes halogenated alkanes) is 1.